The lowest BCUT2D eigenvalue weighted by molar-refractivity contribution is 0.0947. The predicted octanol–water partition coefficient (Wildman–Crippen LogP) is 3.74. The number of benzene rings is 2. The van der Waals surface area contributed by atoms with Crippen LogP contribution in [0.25, 0.3) is 0 Å². The number of rotatable bonds is 6. The van der Waals surface area contributed by atoms with Gasteiger partial charge in [-0.1, -0.05) is 60.7 Å². The third kappa shape index (κ3) is 4.51. The summed E-state index contributed by atoms with van der Waals surface area (Å²) in [6.45, 7) is 2.42. The highest BCUT2D eigenvalue weighted by Gasteiger charge is 2.14. The lowest BCUT2D eigenvalue weighted by Gasteiger charge is -2.18. The Morgan fingerprint density at radius 3 is 2.04 bits per heavy atom. The molecule has 0 fully saturated rings. The standard InChI is InChI=1S/C21H21N3O/c1-16-14-24-20(15-23-16)21(25)22-13-12-19(17-8-4-2-5-9-17)18-10-6-3-7-11-18/h2-11,14-15,19H,12-13H2,1H3,(H,22,25). The predicted molar refractivity (Wildman–Crippen MR) is 98.4 cm³/mol. The minimum Gasteiger partial charge on any atom is -0.351 e. The molecule has 1 heterocycles. The molecule has 0 aliphatic heterocycles. The highest BCUT2D eigenvalue weighted by molar-refractivity contribution is 5.91. The highest BCUT2D eigenvalue weighted by atomic mass is 16.1. The van der Waals surface area contributed by atoms with Crippen molar-refractivity contribution in [2.24, 2.45) is 0 Å². The maximum absolute atomic E-state index is 12.2. The van der Waals surface area contributed by atoms with Crippen molar-refractivity contribution < 1.29 is 4.79 Å². The first kappa shape index (κ1) is 16.8. The number of aryl methyl sites for hydroxylation is 1. The van der Waals surface area contributed by atoms with Crippen molar-refractivity contribution in [3.05, 3.63) is 95.6 Å². The molecule has 0 aliphatic rings. The van der Waals surface area contributed by atoms with E-state index in [1.54, 1.807) is 6.20 Å². The smallest absolute Gasteiger partial charge is 0.271 e. The first-order valence-electron chi connectivity index (χ1n) is 8.41. The van der Waals surface area contributed by atoms with Gasteiger partial charge < -0.3 is 5.32 Å². The van der Waals surface area contributed by atoms with Gasteiger partial charge in [-0.25, -0.2) is 4.98 Å². The average Bonchev–Trinajstić information content (AvgIpc) is 2.67. The third-order valence-electron chi connectivity index (χ3n) is 4.14. The minimum absolute atomic E-state index is 0.188. The van der Waals surface area contributed by atoms with Crippen molar-refractivity contribution in [1.29, 1.82) is 0 Å². The van der Waals surface area contributed by atoms with Crippen LogP contribution in [0.3, 0.4) is 0 Å². The Bertz CT molecular complexity index is 762. The molecular formula is C21H21N3O. The number of hydrogen-bond donors (Lipinski definition) is 1. The van der Waals surface area contributed by atoms with Gasteiger partial charge in [-0.3, -0.25) is 9.78 Å². The van der Waals surface area contributed by atoms with E-state index in [0.717, 1.165) is 12.1 Å². The molecule has 0 aliphatic carbocycles. The van der Waals surface area contributed by atoms with Crippen molar-refractivity contribution in [3.8, 4) is 0 Å². The molecular weight excluding hydrogens is 310 g/mol. The Kier molecular flexibility index (Phi) is 5.52. The number of nitrogens with zero attached hydrogens (tertiary/aromatic N) is 2. The van der Waals surface area contributed by atoms with Gasteiger partial charge in [0.2, 0.25) is 0 Å². The monoisotopic (exact) mass is 331 g/mol. The second kappa shape index (κ2) is 8.20. The molecule has 0 saturated carbocycles. The Morgan fingerprint density at radius 1 is 0.920 bits per heavy atom. The van der Waals surface area contributed by atoms with Gasteiger partial charge in [0.25, 0.3) is 5.91 Å². The van der Waals surface area contributed by atoms with E-state index in [4.69, 9.17) is 0 Å². The van der Waals surface area contributed by atoms with Gasteiger partial charge in [0.15, 0.2) is 0 Å². The molecule has 1 N–H and O–H groups in total. The summed E-state index contributed by atoms with van der Waals surface area (Å²) in [5, 5.41) is 2.95. The van der Waals surface area contributed by atoms with E-state index >= 15 is 0 Å². The van der Waals surface area contributed by atoms with E-state index in [9.17, 15) is 4.79 Å². The van der Waals surface area contributed by atoms with Crippen molar-refractivity contribution in [1.82, 2.24) is 15.3 Å². The Hall–Kier alpha value is -3.01. The van der Waals surface area contributed by atoms with Crippen LogP contribution in [0.4, 0.5) is 0 Å². The second-order valence-electron chi connectivity index (χ2n) is 5.96. The molecule has 1 amide bonds. The fraction of sp³-hybridized carbons (Fsp3) is 0.190. The molecule has 0 atom stereocenters. The van der Waals surface area contributed by atoms with Gasteiger partial charge in [-0.15, -0.1) is 0 Å². The van der Waals surface area contributed by atoms with Crippen molar-refractivity contribution >= 4 is 5.91 Å². The van der Waals surface area contributed by atoms with Crippen LogP contribution in [0.5, 0.6) is 0 Å². The number of carbonyl (C=O) groups excluding carboxylic acids is 1. The van der Waals surface area contributed by atoms with Crippen molar-refractivity contribution in [2.75, 3.05) is 6.54 Å². The Labute approximate surface area is 148 Å². The van der Waals surface area contributed by atoms with Crippen LogP contribution >= 0.6 is 0 Å². The van der Waals surface area contributed by atoms with Crippen molar-refractivity contribution in [3.63, 3.8) is 0 Å². The molecule has 3 rings (SSSR count). The van der Waals surface area contributed by atoms with Crippen LogP contribution in [0.2, 0.25) is 0 Å². The summed E-state index contributed by atoms with van der Waals surface area (Å²) in [6.07, 6.45) is 3.93. The van der Waals surface area contributed by atoms with Gasteiger partial charge in [0, 0.05) is 18.7 Å². The molecule has 0 bridgehead atoms. The van der Waals surface area contributed by atoms with Crippen LogP contribution < -0.4 is 5.32 Å². The molecule has 3 aromatic rings. The molecule has 2 aromatic carbocycles. The van der Waals surface area contributed by atoms with Gasteiger partial charge in [0.1, 0.15) is 5.69 Å². The zero-order valence-corrected chi connectivity index (χ0v) is 14.2. The first-order chi connectivity index (χ1) is 12.2. The molecule has 4 heteroatoms. The minimum atomic E-state index is -0.188. The van der Waals surface area contributed by atoms with Gasteiger partial charge in [0.05, 0.1) is 11.9 Å². The second-order valence-corrected chi connectivity index (χ2v) is 5.96. The van der Waals surface area contributed by atoms with Crippen LogP contribution in [-0.2, 0) is 0 Å². The normalized spacial score (nSPS) is 10.6. The van der Waals surface area contributed by atoms with E-state index in [1.165, 1.54) is 17.3 Å². The Balaban J connectivity index is 1.67. The number of carbonyl (C=O) groups is 1. The van der Waals surface area contributed by atoms with Gasteiger partial charge in [-0.05, 0) is 24.5 Å². The van der Waals surface area contributed by atoms with E-state index in [2.05, 4.69) is 39.6 Å². The molecule has 0 unspecified atom stereocenters. The van der Waals surface area contributed by atoms with Gasteiger partial charge in [-0.2, -0.15) is 0 Å². The summed E-state index contributed by atoms with van der Waals surface area (Å²) in [4.78, 5) is 20.4. The molecule has 0 saturated heterocycles. The molecule has 0 spiro atoms. The fourth-order valence-electron chi connectivity index (χ4n) is 2.83. The summed E-state index contributed by atoms with van der Waals surface area (Å²) >= 11 is 0. The Morgan fingerprint density at radius 2 is 1.52 bits per heavy atom. The summed E-state index contributed by atoms with van der Waals surface area (Å²) < 4.78 is 0. The first-order valence-corrected chi connectivity index (χ1v) is 8.41. The number of hydrogen-bond acceptors (Lipinski definition) is 3. The lowest BCUT2D eigenvalue weighted by Crippen LogP contribution is -2.26. The zero-order valence-electron chi connectivity index (χ0n) is 14.2. The molecule has 126 valence electrons. The molecule has 1 aromatic heterocycles. The summed E-state index contributed by atoms with van der Waals surface area (Å²) in [6, 6.07) is 20.7. The number of amides is 1. The zero-order chi connectivity index (χ0) is 17.5. The lowest BCUT2D eigenvalue weighted by atomic mass is 9.88. The SMILES string of the molecule is Cc1cnc(C(=O)NCCC(c2ccccc2)c2ccccc2)cn1. The van der Waals surface area contributed by atoms with E-state index in [-0.39, 0.29) is 11.8 Å². The van der Waals surface area contributed by atoms with E-state index in [0.29, 0.717) is 12.2 Å². The van der Waals surface area contributed by atoms with Crippen LogP contribution in [0, 0.1) is 6.92 Å². The number of aromatic nitrogens is 2. The number of nitrogens with one attached hydrogen (secondary N) is 1. The summed E-state index contributed by atoms with van der Waals surface area (Å²) in [5.74, 6) is 0.0548. The maximum Gasteiger partial charge on any atom is 0.271 e. The third-order valence-corrected chi connectivity index (χ3v) is 4.14. The quantitative estimate of drug-likeness (QED) is 0.748. The largest absolute Gasteiger partial charge is 0.351 e. The molecule has 0 radical (unpaired) electrons. The highest BCUT2D eigenvalue weighted by Crippen LogP contribution is 2.27. The average molecular weight is 331 g/mol. The fourth-order valence-corrected chi connectivity index (χ4v) is 2.83. The van der Waals surface area contributed by atoms with Gasteiger partial charge >= 0.3 is 0 Å². The van der Waals surface area contributed by atoms with Crippen LogP contribution in [0.15, 0.2) is 73.1 Å². The summed E-state index contributed by atoms with van der Waals surface area (Å²) in [7, 11) is 0. The van der Waals surface area contributed by atoms with Crippen LogP contribution in [0.1, 0.15) is 39.6 Å². The molecule has 25 heavy (non-hydrogen) atoms. The van der Waals surface area contributed by atoms with Crippen molar-refractivity contribution in [2.45, 2.75) is 19.3 Å². The van der Waals surface area contributed by atoms with E-state index < -0.39 is 0 Å². The van der Waals surface area contributed by atoms with E-state index in [1.807, 2.05) is 43.3 Å². The molecule has 4 nitrogen and oxygen atoms in total. The topological polar surface area (TPSA) is 54.9 Å². The van der Waals surface area contributed by atoms with Crippen LogP contribution in [-0.4, -0.2) is 22.4 Å². The maximum atomic E-state index is 12.2. The summed E-state index contributed by atoms with van der Waals surface area (Å²) in [5.41, 5.74) is 3.64.